The van der Waals surface area contributed by atoms with Crippen LogP contribution >= 0.6 is 11.8 Å². The Bertz CT molecular complexity index is 870. The summed E-state index contributed by atoms with van der Waals surface area (Å²) in [6, 6.07) is 15.6. The number of ether oxygens (including phenoxy) is 1. The van der Waals surface area contributed by atoms with Crippen molar-refractivity contribution >= 4 is 28.6 Å². The van der Waals surface area contributed by atoms with Crippen molar-refractivity contribution in [2.75, 3.05) is 12.9 Å². The molecule has 0 saturated carbocycles. The Labute approximate surface area is 151 Å². The van der Waals surface area contributed by atoms with Gasteiger partial charge in [0.15, 0.2) is 11.3 Å². The molecule has 25 heavy (non-hydrogen) atoms. The summed E-state index contributed by atoms with van der Waals surface area (Å²) in [5.74, 6) is 1.76. The maximum atomic E-state index is 12.2. The van der Waals surface area contributed by atoms with Gasteiger partial charge < -0.3 is 14.5 Å². The fourth-order valence-corrected chi connectivity index (χ4v) is 3.28. The van der Waals surface area contributed by atoms with Gasteiger partial charge in [-0.05, 0) is 38.1 Å². The summed E-state index contributed by atoms with van der Waals surface area (Å²) in [6.45, 7) is 3.96. The van der Waals surface area contributed by atoms with Crippen LogP contribution in [0.1, 0.15) is 24.3 Å². The van der Waals surface area contributed by atoms with Crippen molar-refractivity contribution < 1.29 is 13.9 Å². The number of benzene rings is 2. The van der Waals surface area contributed by atoms with E-state index in [0.29, 0.717) is 22.8 Å². The minimum absolute atomic E-state index is 0.0227. The number of thioether (sulfide) groups is 1. The van der Waals surface area contributed by atoms with Gasteiger partial charge in [0.1, 0.15) is 5.76 Å². The summed E-state index contributed by atoms with van der Waals surface area (Å²) in [6.07, 6.45) is 0. The normalized spacial score (nSPS) is 12.1. The predicted octanol–water partition coefficient (Wildman–Crippen LogP) is 4.72. The number of para-hydroxylation sites is 1. The molecule has 1 unspecified atom stereocenters. The molecule has 0 bridgehead atoms. The molecule has 1 heterocycles. The third-order valence-electron chi connectivity index (χ3n) is 3.94. The maximum Gasteiger partial charge on any atom is 0.230 e. The van der Waals surface area contributed by atoms with Crippen molar-refractivity contribution in [3.8, 4) is 5.75 Å². The highest BCUT2D eigenvalue weighted by molar-refractivity contribution is 8.00. The molecule has 0 aliphatic rings. The molecule has 1 N–H and O–H groups in total. The topological polar surface area (TPSA) is 51.5 Å². The molecule has 0 fully saturated rings. The van der Waals surface area contributed by atoms with Gasteiger partial charge >= 0.3 is 0 Å². The largest absolute Gasteiger partial charge is 0.493 e. The molecule has 0 radical (unpaired) electrons. The molecule has 0 saturated heterocycles. The van der Waals surface area contributed by atoms with E-state index in [0.717, 1.165) is 10.3 Å². The van der Waals surface area contributed by atoms with Gasteiger partial charge in [0.2, 0.25) is 5.91 Å². The lowest BCUT2D eigenvalue weighted by Gasteiger charge is -2.11. The van der Waals surface area contributed by atoms with E-state index >= 15 is 0 Å². The van der Waals surface area contributed by atoms with Crippen molar-refractivity contribution in [2.24, 2.45) is 0 Å². The van der Waals surface area contributed by atoms with E-state index < -0.39 is 0 Å². The van der Waals surface area contributed by atoms with Gasteiger partial charge in [0.05, 0.1) is 18.9 Å². The van der Waals surface area contributed by atoms with E-state index in [1.54, 1.807) is 7.11 Å². The first kappa shape index (κ1) is 17.4. The SMILES string of the molecule is COc1cccc2cc(C(C)NC(=O)CSc3ccc(C)cc3)oc12. The van der Waals surface area contributed by atoms with E-state index in [2.05, 4.69) is 5.32 Å². The number of methoxy groups -OCH3 is 1. The van der Waals surface area contributed by atoms with Crippen LogP contribution in [-0.2, 0) is 4.79 Å². The number of carbonyl (C=O) groups excluding carboxylic acids is 1. The smallest absolute Gasteiger partial charge is 0.230 e. The first-order valence-electron chi connectivity index (χ1n) is 8.12. The molecule has 3 aromatic rings. The van der Waals surface area contributed by atoms with Crippen molar-refractivity contribution in [1.29, 1.82) is 0 Å². The van der Waals surface area contributed by atoms with Crippen molar-refractivity contribution in [3.05, 3.63) is 59.9 Å². The third kappa shape index (κ3) is 4.17. The summed E-state index contributed by atoms with van der Waals surface area (Å²) in [5.41, 5.74) is 1.91. The van der Waals surface area contributed by atoms with Gasteiger partial charge in [-0.1, -0.05) is 29.8 Å². The lowest BCUT2D eigenvalue weighted by molar-refractivity contribution is -0.119. The summed E-state index contributed by atoms with van der Waals surface area (Å²) < 4.78 is 11.2. The van der Waals surface area contributed by atoms with E-state index in [1.165, 1.54) is 17.3 Å². The second kappa shape index (κ2) is 7.66. The lowest BCUT2D eigenvalue weighted by atomic mass is 10.2. The summed E-state index contributed by atoms with van der Waals surface area (Å²) in [4.78, 5) is 13.3. The average Bonchev–Trinajstić information content (AvgIpc) is 3.05. The molecule has 0 aliphatic carbocycles. The van der Waals surface area contributed by atoms with Crippen LogP contribution in [-0.4, -0.2) is 18.8 Å². The van der Waals surface area contributed by atoms with Crippen LogP contribution in [0.15, 0.2) is 57.8 Å². The second-order valence-corrected chi connectivity index (χ2v) is 6.97. The number of furan rings is 1. The Morgan fingerprint density at radius 2 is 2.00 bits per heavy atom. The molecule has 1 amide bonds. The molecule has 0 aliphatic heterocycles. The highest BCUT2D eigenvalue weighted by Gasteiger charge is 2.16. The molecule has 1 aromatic heterocycles. The maximum absolute atomic E-state index is 12.2. The van der Waals surface area contributed by atoms with Crippen LogP contribution < -0.4 is 10.1 Å². The van der Waals surface area contributed by atoms with Crippen molar-refractivity contribution in [1.82, 2.24) is 5.32 Å². The van der Waals surface area contributed by atoms with Gasteiger partial charge in [0, 0.05) is 10.3 Å². The fraction of sp³-hybridized carbons (Fsp3) is 0.250. The Morgan fingerprint density at radius 3 is 2.72 bits per heavy atom. The van der Waals surface area contributed by atoms with Gasteiger partial charge in [-0.3, -0.25) is 4.79 Å². The van der Waals surface area contributed by atoms with Crippen molar-refractivity contribution in [3.63, 3.8) is 0 Å². The molecule has 0 spiro atoms. The van der Waals surface area contributed by atoms with Crippen molar-refractivity contribution in [2.45, 2.75) is 24.8 Å². The van der Waals surface area contributed by atoms with E-state index in [-0.39, 0.29) is 11.9 Å². The van der Waals surface area contributed by atoms with Gasteiger partial charge in [-0.2, -0.15) is 0 Å². The molecule has 3 rings (SSSR count). The number of carbonyl (C=O) groups is 1. The van der Waals surface area contributed by atoms with Gasteiger partial charge in [-0.15, -0.1) is 11.8 Å². The Balaban J connectivity index is 1.62. The zero-order valence-electron chi connectivity index (χ0n) is 14.5. The Kier molecular flexibility index (Phi) is 5.34. The van der Waals surface area contributed by atoms with Crippen LogP contribution in [0.4, 0.5) is 0 Å². The van der Waals surface area contributed by atoms with E-state index in [1.807, 2.05) is 62.4 Å². The van der Waals surface area contributed by atoms with Gasteiger partial charge in [-0.25, -0.2) is 0 Å². The Morgan fingerprint density at radius 1 is 1.24 bits per heavy atom. The quantitative estimate of drug-likeness (QED) is 0.650. The molecule has 5 heteroatoms. The summed E-state index contributed by atoms with van der Waals surface area (Å²) >= 11 is 1.52. The van der Waals surface area contributed by atoms with E-state index in [9.17, 15) is 4.79 Å². The monoisotopic (exact) mass is 355 g/mol. The number of hydrogen-bond acceptors (Lipinski definition) is 4. The molecule has 1 atom stereocenters. The average molecular weight is 355 g/mol. The molecule has 2 aromatic carbocycles. The third-order valence-corrected chi connectivity index (χ3v) is 4.95. The first-order valence-corrected chi connectivity index (χ1v) is 9.10. The standard InChI is InChI=1S/C20H21NO3S/c1-13-7-9-16(10-8-13)25-12-19(22)21-14(2)18-11-15-5-4-6-17(23-3)20(15)24-18/h4-11,14H,12H2,1-3H3,(H,21,22). The molecule has 130 valence electrons. The van der Waals surface area contributed by atoms with Crippen LogP contribution in [0, 0.1) is 6.92 Å². The number of amides is 1. The number of fused-ring (bicyclic) bond motifs is 1. The fourth-order valence-electron chi connectivity index (χ4n) is 2.57. The van der Waals surface area contributed by atoms with Crippen LogP contribution in [0.2, 0.25) is 0 Å². The number of hydrogen-bond donors (Lipinski definition) is 1. The van der Waals surface area contributed by atoms with Gasteiger partial charge in [0.25, 0.3) is 0 Å². The molecular formula is C20H21NO3S. The summed E-state index contributed by atoms with van der Waals surface area (Å²) in [7, 11) is 1.62. The van der Waals surface area contributed by atoms with E-state index in [4.69, 9.17) is 9.15 Å². The zero-order chi connectivity index (χ0) is 17.8. The summed E-state index contributed by atoms with van der Waals surface area (Å²) in [5, 5.41) is 3.94. The van der Waals surface area contributed by atoms with Crippen LogP contribution in [0.25, 0.3) is 11.0 Å². The number of rotatable bonds is 6. The minimum atomic E-state index is -0.205. The van der Waals surface area contributed by atoms with Crippen LogP contribution in [0.5, 0.6) is 5.75 Å². The molecule has 4 nitrogen and oxygen atoms in total. The first-order chi connectivity index (χ1) is 12.1. The highest BCUT2D eigenvalue weighted by Crippen LogP contribution is 2.30. The number of nitrogens with one attached hydrogen (secondary N) is 1. The second-order valence-electron chi connectivity index (χ2n) is 5.92. The highest BCUT2D eigenvalue weighted by atomic mass is 32.2. The zero-order valence-corrected chi connectivity index (χ0v) is 15.4. The Hall–Kier alpha value is -2.40. The predicted molar refractivity (Wildman–Crippen MR) is 101 cm³/mol. The molecular weight excluding hydrogens is 334 g/mol. The van der Waals surface area contributed by atoms with Crippen LogP contribution in [0.3, 0.4) is 0 Å². The number of aryl methyl sites for hydroxylation is 1. The lowest BCUT2D eigenvalue weighted by Crippen LogP contribution is -2.27. The minimum Gasteiger partial charge on any atom is -0.493 e.